The van der Waals surface area contributed by atoms with E-state index >= 15 is 0 Å². The van der Waals surface area contributed by atoms with Gasteiger partial charge in [0.05, 0.1) is 18.3 Å². The van der Waals surface area contributed by atoms with Crippen molar-refractivity contribution >= 4 is 29.7 Å². The molecular formula is C31H39N5O9. The molecule has 14 heteroatoms. The van der Waals surface area contributed by atoms with Crippen LogP contribution in [0.1, 0.15) is 49.5 Å². The highest BCUT2D eigenvalue weighted by Crippen LogP contribution is 2.28. The minimum atomic E-state index is -1.47. The number of nitrogens with zero attached hydrogens (tertiary/aromatic N) is 1. The molecule has 0 unspecified atom stereocenters. The van der Waals surface area contributed by atoms with Crippen LogP contribution in [-0.2, 0) is 25.5 Å². The number of amides is 5. The highest BCUT2D eigenvalue weighted by atomic mass is 16.6. The SMILES string of the molecule is CCOC(=O)N1CCC(NC(=O)[C@@H]2Cc3ccc(cc3)Oc3ccc(O)c(c3)C(=O)N[C@@H]([C@@H](C)O)C(=O)N[C@@H](C)C(=O)N2)CC1. The Hall–Kier alpha value is -4.85. The Morgan fingerprint density at radius 2 is 1.69 bits per heavy atom. The fourth-order valence-electron chi connectivity index (χ4n) is 5.05. The van der Waals surface area contributed by atoms with Gasteiger partial charge in [-0.05, 0) is 69.5 Å². The molecule has 3 aliphatic rings. The van der Waals surface area contributed by atoms with Gasteiger partial charge in [0.15, 0.2) is 0 Å². The number of carbonyl (C=O) groups excluding carboxylic acids is 5. The van der Waals surface area contributed by atoms with Crippen molar-refractivity contribution in [3.63, 3.8) is 0 Å². The predicted molar refractivity (Wildman–Crippen MR) is 161 cm³/mol. The first-order chi connectivity index (χ1) is 21.4. The number of phenolic OH excluding ortho intramolecular Hbond substituents is 1. The number of hydrogen-bond donors (Lipinski definition) is 6. The molecule has 4 atom stereocenters. The van der Waals surface area contributed by atoms with Crippen LogP contribution in [0.4, 0.5) is 4.79 Å². The number of piperidine rings is 1. The van der Waals surface area contributed by atoms with Crippen LogP contribution < -0.4 is 26.0 Å². The first kappa shape index (κ1) is 33.1. The number of phenols is 1. The minimum Gasteiger partial charge on any atom is -0.507 e. The summed E-state index contributed by atoms with van der Waals surface area (Å²) in [7, 11) is 0. The van der Waals surface area contributed by atoms with Crippen molar-refractivity contribution in [2.75, 3.05) is 19.7 Å². The minimum absolute atomic E-state index is 0.121. The molecule has 5 amide bonds. The number of aliphatic hydroxyl groups is 1. The number of hydrogen-bond acceptors (Lipinski definition) is 9. The zero-order chi connectivity index (χ0) is 32.7. The lowest BCUT2D eigenvalue weighted by molar-refractivity contribution is -0.133. The molecule has 2 aromatic rings. The Kier molecular flexibility index (Phi) is 10.8. The van der Waals surface area contributed by atoms with Gasteiger partial charge in [-0.1, -0.05) is 12.1 Å². The van der Waals surface area contributed by atoms with Crippen LogP contribution in [0.2, 0.25) is 0 Å². The third kappa shape index (κ3) is 8.62. The van der Waals surface area contributed by atoms with E-state index in [1.807, 2.05) is 0 Å². The van der Waals surface area contributed by atoms with E-state index in [4.69, 9.17) is 9.47 Å². The van der Waals surface area contributed by atoms with E-state index in [-0.39, 0.29) is 36.1 Å². The predicted octanol–water partition coefficient (Wildman–Crippen LogP) is 0.946. The lowest BCUT2D eigenvalue weighted by Gasteiger charge is -2.32. The highest BCUT2D eigenvalue weighted by molar-refractivity contribution is 6.01. The van der Waals surface area contributed by atoms with Gasteiger partial charge >= 0.3 is 6.09 Å². The maximum Gasteiger partial charge on any atom is 0.409 e. The monoisotopic (exact) mass is 625 g/mol. The standard InChI is InChI=1S/C31H39N5O9/c1-4-44-31(43)36-13-11-20(12-14-36)33-29(41)24-15-19-5-7-21(8-6-19)45-22-9-10-25(38)23(16-22)28(40)35-26(18(3)37)30(42)32-17(2)27(39)34-24/h5-10,16-18,20,24,26,37-38H,4,11-15H2,1-3H3,(H,32,42)(H,33,41)(H,34,39)(H,35,40)/t17-,18+,24-,26-/m0/s1. The average molecular weight is 626 g/mol. The first-order valence-corrected chi connectivity index (χ1v) is 14.9. The number of benzene rings is 2. The van der Waals surface area contributed by atoms with Crippen molar-refractivity contribution in [1.82, 2.24) is 26.2 Å². The summed E-state index contributed by atoms with van der Waals surface area (Å²) in [5.41, 5.74) is 0.521. The van der Waals surface area contributed by atoms with Crippen LogP contribution in [0.3, 0.4) is 0 Å². The molecule has 0 radical (unpaired) electrons. The molecule has 1 saturated heterocycles. The number of ether oxygens (including phenoxy) is 2. The van der Waals surface area contributed by atoms with Crippen LogP contribution in [0.25, 0.3) is 0 Å². The maximum absolute atomic E-state index is 13.5. The highest BCUT2D eigenvalue weighted by Gasteiger charge is 2.32. The number of aromatic hydroxyl groups is 1. The molecule has 0 aromatic heterocycles. The summed E-state index contributed by atoms with van der Waals surface area (Å²) < 4.78 is 10.9. The van der Waals surface area contributed by atoms with Crippen molar-refractivity contribution in [2.45, 2.75) is 70.3 Å². The smallest absolute Gasteiger partial charge is 0.409 e. The van der Waals surface area contributed by atoms with Gasteiger partial charge in [0.2, 0.25) is 17.7 Å². The van der Waals surface area contributed by atoms with Crippen molar-refractivity contribution in [3.05, 3.63) is 53.6 Å². The zero-order valence-electron chi connectivity index (χ0n) is 25.4. The van der Waals surface area contributed by atoms with Gasteiger partial charge in [-0.3, -0.25) is 19.2 Å². The van der Waals surface area contributed by atoms with Crippen molar-refractivity contribution in [1.29, 1.82) is 0 Å². The van der Waals surface area contributed by atoms with Gasteiger partial charge in [-0.25, -0.2) is 4.79 Å². The van der Waals surface area contributed by atoms with E-state index < -0.39 is 54.0 Å². The fraction of sp³-hybridized carbons (Fsp3) is 0.452. The Labute approximate surface area is 260 Å². The largest absolute Gasteiger partial charge is 0.507 e. The molecule has 1 fully saturated rings. The molecule has 5 rings (SSSR count). The molecule has 242 valence electrons. The number of carbonyl (C=O) groups is 5. The van der Waals surface area contributed by atoms with E-state index in [0.29, 0.717) is 37.2 Å². The molecule has 3 aliphatic heterocycles. The zero-order valence-corrected chi connectivity index (χ0v) is 25.4. The summed E-state index contributed by atoms with van der Waals surface area (Å²) in [4.78, 5) is 66.4. The summed E-state index contributed by atoms with van der Waals surface area (Å²) in [5, 5.41) is 31.1. The van der Waals surface area contributed by atoms with Crippen LogP contribution >= 0.6 is 0 Å². The second kappa shape index (κ2) is 14.8. The Morgan fingerprint density at radius 3 is 2.33 bits per heavy atom. The molecule has 0 aliphatic carbocycles. The number of rotatable bonds is 4. The third-order valence-corrected chi connectivity index (χ3v) is 7.62. The molecule has 0 saturated carbocycles. The molecule has 0 spiro atoms. The number of aliphatic hydroxyl groups excluding tert-OH is 1. The van der Waals surface area contributed by atoms with Crippen LogP contribution in [0, 0.1) is 0 Å². The Morgan fingerprint density at radius 1 is 1.02 bits per heavy atom. The molecule has 4 bridgehead atoms. The van der Waals surface area contributed by atoms with Gasteiger partial charge in [0.1, 0.15) is 35.4 Å². The summed E-state index contributed by atoms with van der Waals surface area (Å²) in [5.74, 6) is -2.52. The number of nitrogens with one attached hydrogen (secondary N) is 4. The Balaban J connectivity index is 1.57. The van der Waals surface area contributed by atoms with E-state index in [9.17, 15) is 34.2 Å². The normalized spacial score (nSPS) is 22.1. The lowest BCUT2D eigenvalue weighted by atomic mass is 10.0. The van der Waals surface area contributed by atoms with Gasteiger partial charge in [0.25, 0.3) is 5.91 Å². The average Bonchev–Trinajstić information content (AvgIpc) is 3.00. The van der Waals surface area contributed by atoms with Gasteiger partial charge < -0.3 is 45.9 Å². The fourth-order valence-corrected chi connectivity index (χ4v) is 5.05. The summed E-state index contributed by atoms with van der Waals surface area (Å²) in [6.07, 6.45) is -0.617. The van der Waals surface area contributed by atoms with Crippen molar-refractivity contribution in [2.24, 2.45) is 0 Å². The van der Waals surface area contributed by atoms with E-state index in [1.165, 1.54) is 32.0 Å². The van der Waals surface area contributed by atoms with Crippen molar-refractivity contribution < 1.29 is 43.7 Å². The van der Waals surface area contributed by atoms with Gasteiger partial charge in [-0.15, -0.1) is 0 Å². The van der Waals surface area contributed by atoms with Crippen LogP contribution in [0.5, 0.6) is 17.2 Å². The second-order valence-electron chi connectivity index (χ2n) is 11.1. The third-order valence-electron chi connectivity index (χ3n) is 7.62. The maximum atomic E-state index is 13.5. The lowest BCUT2D eigenvalue weighted by Crippen LogP contribution is -2.59. The molecule has 14 nitrogen and oxygen atoms in total. The summed E-state index contributed by atoms with van der Waals surface area (Å²) >= 11 is 0. The van der Waals surface area contributed by atoms with Crippen LogP contribution in [0.15, 0.2) is 42.5 Å². The topological polar surface area (TPSA) is 196 Å². The van der Waals surface area contributed by atoms with Crippen molar-refractivity contribution in [3.8, 4) is 17.2 Å². The molecular weight excluding hydrogens is 586 g/mol. The van der Waals surface area contributed by atoms with Gasteiger partial charge in [0, 0.05) is 25.6 Å². The number of fused-ring (bicyclic) bond motifs is 11. The van der Waals surface area contributed by atoms with Gasteiger partial charge in [-0.2, -0.15) is 0 Å². The molecule has 45 heavy (non-hydrogen) atoms. The van der Waals surface area contributed by atoms with E-state index in [1.54, 1.807) is 36.1 Å². The second-order valence-corrected chi connectivity index (χ2v) is 11.1. The Bertz CT molecular complexity index is 1410. The molecule has 2 aromatic carbocycles. The quantitative estimate of drug-likeness (QED) is 0.268. The van der Waals surface area contributed by atoms with Crippen LogP contribution in [-0.4, -0.2) is 94.8 Å². The summed E-state index contributed by atoms with van der Waals surface area (Å²) in [6, 6.07) is 6.96. The molecule has 6 N–H and O–H groups in total. The number of likely N-dealkylation sites (tertiary alicyclic amines) is 1. The van der Waals surface area contributed by atoms with E-state index in [2.05, 4.69) is 21.3 Å². The molecule has 3 heterocycles. The summed E-state index contributed by atoms with van der Waals surface area (Å²) in [6.45, 7) is 5.53. The first-order valence-electron chi connectivity index (χ1n) is 14.9. The van der Waals surface area contributed by atoms with E-state index in [0.717, 1.165) is 0 Å².